The van der Waals surface area contributed by atoms with E-state index in [9.17, 15) is 4.39 Å². The summed E-state index contributed by atoms with van der Waals surface area (Å²) in [6.45, 7) is 0. The van der Waals surface area contributed by atoms with Gasteiger partial charge in [-0.25, -0.2) is 4.39 Å². The number of halogens is 1. The summed E-state index contributed by atoms with van der Waals surface area (Å²) < 4.78 is 13.2. The van der Waals surface area contributed by atoms with Gasteiger partial charge in [-0.05, 0) is 29.8 Å². The van der Waals surface area contributed by atoms with Crippen molar-refractivity contribution in [3.05, 3.63) is 53.8 Å². The molecule has 0 atom stereocenters. The van der Waals surface area contributed by atoms with Crippen LogP contribution in [0, 0.1) is 17.1 Å². The predicted octanol–water partition coefficient (Wildman–Crippen LogP) is 2.95. The lowest BCUT2D eigenvalue weighted by Crippen LogP contribution is -1.90. The molecule has 0 radical (unpaired) electrons. The highest BCUT2D eigenvalue weighted by molar-refractivity contribution is 5.76. The Labute approximate surface area is 92.8 Å². The smallest absolute Gasteiger partial charge is 0.125 e. The van der Waals surface area contributed by atoms with Crippen molar-refractivity contribution < 1.29 is 4.39 Å². The molecular formula is C13H9FN2. The van der Waals surface area contributed by atoms with E-state index < -0.39 is 5.82 Å². The molecule has 0 aromatic heterocycles. The highest BCUT2D eigenvalue weighted by atomic mass is 19.1. The van der Waals surface area contributed by atoms with Gasteiger partial charge >= 0.3 is 0 Å². The highest BCUT2D eigenvalue weighted by Crippen LogP contribution is 2.26. The number of nitrogen functional groups attached to an aromatic ring is 1. The zero-order valence-electron chi connectivity index (χ0n) is 8.44. The minimum atomic E-state index is -0.433. The number of para-hydroxylation sites is 1. The normalized spacial score (nSPS) is 9.75. The van der Waals surface area contributed by atoms with Gasteiger partial charge in [-0.3, -0.25) is 0 Å². The van der Waals surface area contributed by atoms with Crippen LogP contribution in [0.25, 0.3) is 11.1 Å². The molecule has 16 heavy (non-hydrogen) atoms. The van der Waals surface area contributed by atoms with E-state index >= 15 is 0 Å². The van der Waals surface area contributed by atoms with E-state index in [4.69, 9.17) is 11.0 Å². The first-order valence-corrected chi connectivity index (χ1v) is 4.76. The van der Waals surface area contributed by atoms with Gasteiger partial charge in [0.1, 0.15) is 5.82 Å². The lowest BCUT2D eigenvalue weighted by atomic mass is 10.0. The van der Waals surface area contributed by atoms with Crippen molar-refractivity contribution in [1.29, 1.82) is 5.26 Å². The molecule has 0 saturated carbocycles. The van der Waals surface area contributed by atoms with Gasteiger partial charge in [0, 0.05) is 11.3 Å². The van der Waals surface area contributed by atoms with Gasteiger partial charge in [0.2, 0.25) is 0 Å². The molecule has 0 aliphatic rings. The third kappa shape index (κ3) is 1.86. The van der Waals surface area contributed by atoms with E-state index in [1.807, 2.05) is 18.2 Å². The van der Waals surface area contributed by atoms with Gasteiger partial charge in [-0.15, -0.1) is 0 Å². The Morgan fingerprint density at radius 3 is 2.56 bits per heavy atom. The molecule has 0 aliphatic heterocycles. The summed E-state index contributed by atoms with van der Waals surface area (Å²) in [6.07, 6.45) is 0. The van der Waals surface area contributed by atoms with Crippen molar-refractivity contribution in [2.45, 2.75) is 0 Å². The van der Waals surface area contributed by atoms with Crippen LogP contribution >= 0.6 is 0 Å². The quantitative estimate of drug-likeness (QED) is 0.739. The number of hydrogen-bond donors (Lipinski definition) is 1. The first-order chi connectivity index (χ1) is 7.70. The number of hydrogen-bond acceptors (Lipinski definition) is 2. The molecular weight excluding hydrogens is 203 g/mol. The molecule has 3 heteroatoms. The van der Waals surface area contributed by atoms with Crippen LogP contribution in [0.3, 0.4) is 0 Å². The summed E-state index contributed by atoms with van der Waals surface area (Å²) >= 11 is 0. The molecule has 2 nitrogen and oxygen atoms in total. The van der Waals surface area contributed by atoms with Crippen LogP contribution in [0.4, 0.5) is 10.1 Å². The molecule has 2 N–H and O–H groups in total. The largest absolute Gasteiger partial charge is 0.398 e. The summed E-state index contributed by atoms with van der Waals surface area (Å²) in [5.41, 5.74) is 8.00. The first kappa shape index (κ1) is 10.2. The Morgan fingerprint density at radius 2 is 1.88 bits per heavy atom. The molecule has 0 saturated heterocycles. The lowest BCUT2D eigenvalue weighted by molar-refractivity contribution is 0.628. The second kappa shape index (κ2) is 4.03. The number of nitrogens with two attached hydrogens (primary N) is 1. The van der Waals surface area contributed by atoms with Crippen molar-refractivity contribution >= 4 is 5.69 Å². The first-order valence-electron chi connectivity index (χ1n) is 4.76. The van der Waals surface area contributed by atoms with Gasteiger partial charge in [-0.2, -0.15) is 5.26 Å². The van der Waals surface area contributed by atoms with Crippen LogP contribution in [0.1, 0.15) is 5.56 Å². The minimum Gasteiger partial charge on any atom is -0.398 e. The Hall–Kier alpha value is -2.34. The minimum absolute atomic E-state index is 0.290. The van der Waals surface area contributed by atoms with Gasteiger partial charge in [0.25, 0.3) is 0 Å². The monoisotopic (exact) mass is 212 g/mol. The van der Waals surface area contributed by atoms with Crippen LogP contribution in [0.15, 0.2) is 42.5 Å². The zero-order valence-corrected chi connectivity index (χ0v) is 8.44. The fraction of sp³-hybridized carbons (Fsp3) is 0. The molecule has 2 aromatic carbocycles. The predicted molar refractivity (Wildman–Crippen MR) is 61.0 cm³/mol. The van der Waals surface area contributed by atoms with E-state index in [1.54, 1.807) is 18.2 Å². The van der Waals surface area contributed by atoms with Crippen molar-refractivity contribution in [1.82, 2.24) is 0 Å². The molecule has 0 aliphatic carbocycles. The summed E-state index contributed by atoms with van der Waals surface area (Å²) in [5.74, 6) is -0.433. The highest BCUT2D eigenvalue weighted by Gasteiger charge is 2.05. The second-order valence-corrected chi connectivity index (χ2v) is 3.43. The van der Waals surface area contributed by atoms with E-state index in [-0.39, 0.29) is 0 Å². The maximum Gasteiger partial charge on any atom is 0.125 e. The fourth-order valence-electron chi connectivity index (χ4n) is 1.57. The molecule has 78 valence electrons. The summed E-state index contributed by atoms with van der Waals surface area (Å²) in [7, 11) is 0. The lowest BCUT2D eigenvalue weighted by Gasteiger charge is -2.05. The Morgan fingerprint density at radius 1 is 1.12 bits per heavy atom. The van der Waals surface area contributed by atoms with Gasteiger partial charge in [0.15, 0.2) is 0 Å². The maximum atomic E-state index is 13.2. The molecule has 0 bridgehead atoms. The van der Waals surface area contributed by atoms with Gasteiger partial charge < -0.3 is 5.73 Å². The standard InChI is InChI=1S/C13H9FN2/c14-11-6-9(8-15)5-10(7-11)12-3-1-2-4-13(12)16/h1-7H,16H2. The number of nitrogens with zero attached hydrogens (tertiary/aromatic N) is 1. The molecule has 2 aromatic rings. The second-order valence-electron chi connectivity index (χ2n) is 3.43. The Kier molecular flexibility index (Phi) is 2.57. The molecule has 0 amide bonds. The van der Waals surface area contributed by atoms with Crippen molar-refractivity contribution in [2.24, 2.45) is 0 Å². The zero-order chi connectivity index (χ0) is 11.5. The number of anilines is 1. The molecule has 0 fully saturated rings. The van der Waals surface area contributed by atoms with Crippen LogP contribution in [-0.4, -0.2) is 0 Å². The van der Waals surface area contributed by atoms with Crippen LogP contribution in [0.2, 0.25) is 0 Å². The topological polar surface area (TPSA) is 49.8 Å². The molecule has 0 unspecified atom stereocenters. The number of nitriles is 1. The van der Waals surface area contributed by atoms with Crippen LogP contribution < -0.4 is 5.73 Å². The van der Waals surface area contributed by atoms with Crippen LogP contribution in [0.5, 0.6) is 0 Å². The number of benzene rings is 2. The van der Waals surface area contributed by atoms with Crippen molar-refractivity contribution in [3.8, 4) is 17.2 Å². The summed E-state index contributed by atoms with van der Waals surface area (Å²) in [6, 6.07) is 13.3. The van der Waals surface area contributed by atoms with Crippen molar-refractivity contribution in [2.75, 3.05) is 5.73 Å². The van der Waals surface area contributed by atoms with Crippen molar-refractivity contribution in [3.63, 3.8) is 0 Å². The number of rotatable bonds is 1. The van der Waals surface area contributed by atoms with Gasteiger partial charge in [-0.1, -0.05) is 18.2 Å². The summed E-state index contributed by atoms with van der Waals surface area (Å²) in [5, 5.41) is 8.75. The van der Waals surface area contributed by atoms with Crippen LogP contribution in [-0.2, 0) is 0 Å². The summed E-state index contributed by atoms with van der Waals surface area (Å²) in [4.78, 5) is 0. The van der Waals surface area contributed by atoms with Gasteiger partial charge in [0.05, 0.1) is 11.6 Å². The fourth-order valence-corrected chi connectivity index (χ4v) is 1.57. The average molecular weight is 212 g/mol. The third-order valence-electron chi connectivity index (χ3n) is 2.30. The Bertz CT molecular complexity index is 570. The molecule has 0 heterocycles. The molecule has 2 rings (SSSR count). The Balaban J connectivity index is 2.61. The van der Waals surface area contributed by atoms with E-state index in [0.29, 0.717) is 16.8 Å². The van der Waals surface area contributed by atoms with E-state index in [2.05, 4.69) is 0 Å². The maximum absolute atomic E-state index is 13.2. The SMILES string of the molecule is N#Cc1cc(F)cc(-c2ccccc2N)c1. The average Bonchev–Trinajstić information content (AvgIpc) is 2.28. The molecule has 0 spiro atoms. The third-order valence-corrected chi connectivity index (χ3v) is 2.30. The van der Waals surface area contributed by atoms with E-state index in [0.717, 1.165) is 5.56 Å². The van der Waals surface area contributed by atoms with E-state index in [1.165, 1.54) is 12.1 Å².